The average Bonchev–Trinajstić information content (AvgIpc) is 2.91. The first kappa shape index (κ1) is 16.9. The van der Waals surface area contributed by atoms with Gasteiger partial charge in [-0.25, -0.2) is 4.98 Å². The Morgan fingerprint density at radius 1 is 1.50 bits per heavy atom. The van der Waals surface area contributed by atoms with Crippen LogP contribution < -0.4 is 5.32 Å². The molecule has 1 unspecified atom stereocenters. The van der Waals surface area contributed by atoms with E-state index in [-0.39, 0.29) is 24.8 Å². The lowest BCUT2D eigenvalue weighted by molar-refractivity contribution is -0.502. The fourth-order valence-electron chi connectivity index (χ4n) is 2.57. The number of aromatic nitrogens is 2. The van der Waals surface area contributed by atoms with Gasteiger partial charge in [0.1, 0.15) is 5.82 Å². The van der Waals surface area contributed by atoms with Crippen LogP contribution >= 0.6 is 12.4 Å². The third-order valence-electron chi connectivity index (χ3n) is 3.62. The fourth-order valence-corrected chi connectivity index (χ4v) is 2.57. The third-order valence-corrected chi connectivity index (χ3v) is 3.62. The lowest BCUT2D eigenvalue weighted by Gasteiger charge is -2.28. The van der Waals surface area contributed by atoms with Gasteiger partial charge in [-0.2, -0.15) is 0 Å². The molecule has 1 aromatic heterocycles. The summed E-state index contributed by atoms with van der Waals surface area (Å²) in [5, 5.41) is 24.5. The van der Waals surface area contributed by atoms with E-state index in [4.69, 9.17) is 0 Å². The topological polar surface area (TPSA) is 104 Å². The van der Waals surface area contributed by atoms with E-state index >= 15 is 0 Å². The van der Waals surface area contributed by atoms with Crippen LogP contribution in [0.15, 0.2) is 12.4 Å². The van der Waals surface area contributed by atoms with E-state index in [9.17, 15) is 15.2 Å². The molecule has 1 fully saturated rings. The summed E-state index contributed by atoms with van der Waals surface area (Å²) >= 11 is 0. The maximum absolute atomic E-state index is 10.7. The highest BCUT2D eigenvalue weighted by atomic mass is 35.5. The molecule has 2 rings (SSSR count). The highest BCUT2D eigenvalue weighted by Gasteiger charge is 2.38. The van der Waals surface area contributed by atoms with Crippen LogP contribution in [0.5, 0.6) is 0 Å². The Hall–Kier alpha value is -1.18. The molecule has 1 aliphatic rings. The SMILES string of the molecule is Cl.O=[N+]([O-])CC(O)(CNC1CCCCC1)c1ncc[nH]1. The highest BCUT2D eigenvalue weighted by Crippen LogP contribution is 2.21. The molecule has 0 bridgehead atoms. The van der Waals surface area contributed by atoms with Crippen molar-refractivity contribution >= 4 is 12.4 Å². The Kier molecular flexibility index (Phi) is 6.38. The van der Waals surface area contributed by atoms with Crippen LogP contribution in [0.3, 0.4) is 0 Å². The molecule has 114 valence electrons. The van der Waals surface area contributed by atoms with E-state index in [1.54, 1.807) is 6.20 Å². The molecule has 0 spiro atoms. The zero-order valence-electron chi connectivity index (χ0n) is 11.2. The van der Waals surface area contributed by atoms with Crippen molar-refractivity contribution in [2.45, 2.75) is 43.7 Å². The van der Waals surface area contributed by atoms with Crippen LogP contribution in [0, 0.1) is 10.1 Å². The molecule has 3 N–H and O–H groups in total. The Morgan fingerprint density at radius 2 is 2.20 bits per heavy atom. The number of nitrogens with zero attached hydrogens (tertiary/aromatic N) is 2. The number of H-pyrrole nitrogens is 1. The van der Waals surface area contributed by atoms with Crippen LogP contribution in [0.25, 0.3) is 0 Å². The monoisotopic (exact) mass is 304 g/mol. The molecule has 1 heterocycles. The van der Waals surface area contributed by atoms with Crippen molar-refractivity contribution in [2.24, 2.45) is 0 Å². The first-order valence-electron chi connectivity index (χ1n) is 6.67. The number of aliphatic hydroxyl groups is 1. The van der Waals surface area contributed by atoms with Crippen molar-refractivity contribution < 1.29 is 10.0 Å². The van der Waals surface area contributed by atoms with Crippen molar-refractivity contribution in [3.8, 4) is 0 Å². The van der Waals surface area contributed by atoms with Crippen molar-refractivity contribution in [3.05, 3.63) is 28.3 Å². The van der Waals surface area contributed by atoms with Crippen molar-refractivity contribution in [1.29, 1.82) is 0 Å². The Balaban J connectivity index is 0.00000200. The summed E-state index contributed by atoms with van der Waals surface area (Å²) in [5.74, 6) is 0.243. The predicted molar refractivity (Wildman–Crippen MR) is 76.5 cm³/mol. The quantitative estimate of drug-likeness (QED) is 0.541. The van der Waals surface area contributed by atoms with Crippen LogP contribution in [-0.2, 0) is 5.60 Å². The lowest BCUT2D eigenvalue weighted by Crippen LogP contribution is -2.47. The summed E-state index contributed by atoms with van der Waals surface area (Å²) in [6.07, 6.45) is 8.76. The van der Waals surface area contributed by atoms with Crippen LogP contribution in [0.1, 0.15) is 37.9 Å². The predicted octanol–water partition coefficient (Wildman–Crippen LogP) is 1.22. The fraction of sp³-hybridized carbons (Fsp3) is 0.750. The molecule has 8 heteroatoms. The normalized spacial score (nSPS) is 19.1. The molecule has 1 aliphatic carbocycles. The summed E-state index contributed by atoms with van der Waals surface area (Å²) in [4.78, 5) is 16.9. The molecule has 0 aliphatic heterocycles. The van der Waals surface area contributed by atoms with Gasteiger partial charge in [0.25, 0.3) is 0 Å². The van der Waals surface area contributed by atoms with Gasteiger partial charge in [0, 0.05) is 29.9 Å². The summed E-state index contributed by atoms with van der Waals surface area (Å²) in [6, 6.07) is 0.335. The smallest absolute Gasteiger partial charge is 0.240 e. The van der Waals surface area contributed by atoms with Gasteiger partial charge in [-0.1, -0.05) is 19.3 Å². The summed E-state index contributed by atoms with van der Waals surface area (Å²) < 4.78 is 0. The summed E-state index contributed by atoms with van der Waals surface area (Å²) in [6.45, 7) is -0.410. The largest absolute Gasteiger partial charge is 0.375 e. The molecule has 1 atom stereocenters. The first-order valence-corrected chi connectivity index (χ1v) is 6.67. The number of imidazole rings is 1. The molecule has 0 saturated heterocycles. The molecule has 0 radical (unpaired) electrons. The van der Waals surface area contributed by atoms with E-state index in [2.05, 4.69) is 15.3 Å². The molecule has 0 aromatic carbocycles. The Morgan fingerprint density at radius 3 is 2.75 bits per heavy atom. The van der Waals surface area contributed by atoms with Crippen LogP contribution in [-0.4, -0.2) is 39.1 Å². The second kappa shape index (κ2) is 7.56. The number of nitrogens with one attached hydrogen (secondary N) is 2. The zero-order valence-corrected chi connectivity index (χ0v) is 12.1. The van der Waals surface area contributed by atoms with Crippen molar-refractivity contribution in [3.63, 3.8) is 0 Å². The van der Waals surface area contributed by atoms with Gasteiger partial charge in [0.2, 0.25) is 6.54 Å². The third kappa shape index (κ3) is 4.43. The minimum absolute atomic E-state index is 0. The molecule has 20 heavy (non-hydrogen) atoms. The maximum Gasteiger partial charge on any atom is 0.240 e. The van der Waals surface area contributed by atoms with Crippen LogP contribution in [0.4, 0.5) is 0 Å². The molecule has 1 aromatic rings. The number of aromatic amines is 1. The highest BCUT2D eigenvalue weighted by molar-refractivity contribution is 5.85. The van der Waals surface area contributed by atoms with E-state index in [1.165, 1.54) is 25.5 Å². The number of hydrogen-bond donors (Lipinski definition) is 3. The minimum atomic E-state index is -1.58. The second-order valence-electron chi connectivity index (χ2n) is 5.18. The van der Waals surface area contributed by atoms with Gasteiger partial charge in [-0.15, -0.1) is 12.4 Å². The average molecular weight is 305 g/mol. The number of halogens is 1. The van der Waals surface area contributed by atoms with E-state index in [1.807, 2.05) is 0 Å². The minimum Gasteiger partial charge on any atom is -0.375 e. The lowest BCUT2D eigenvalue weighted by atomic mass is 9.94. The first-order chi connectivity index (χ1) is 9.10. The number of nitro groups is 1. The molecular weight excluding hydrogens is 284 g/mol. The maximum atomic E-state index is 10.7. The Labute approximate surface area is 123 Å². The summed E-state index contributed by atoms with van der Waals surface area (Å²) in [5.41, 5.74) is -1.58. The van der Waals surface area contributed by atoms with Gasteiger partial charge in [0.05, 0.1) is 0 Å². The van der Waals surface area contributed by atoms with E-state index < -0.39 is 17.1 Å². The van der Waals surface area contributed by atoms with Gasteiger partial charge in [-0.05, 0) is 12.8 Å². The molecule has 7 nitrogen and oxygen atoms in total. The standard InChI is InChI=1S/C12H20N4O3.ClH/c17-12(9-16(18)19,11-13-6-7-14-11)8-15-10-4-2-1-3-5-10;/h6-7,10,15,17H,1-5,8-9H2,(H,13,14);1H. The number of hydrogen-bond acceptors (Lipinski definition) is 5. The molecule has 1 saturated carbocycles. The van der Waals surface area contributed by atoms with E-state index in [0.717, 1.165) is 12.8 Å². The summed E-state index contributed by atoms with van der Waals surface area (Å²) in [7, 11) is 0. The second-order valence-corrected chi connectivity index (χ2v) is 5.18. The van der Waals surface area contributed by atoms with Crippen molar-refractivity contribution in [2.75, 3.05) is 13.1 Å². The van der Waals surface area contributed by atoms with Gasteiger partial charge >= 0.3 is 0 Å². The van der Waals surface area contributed by atoms with Gasteiger partial charge in [0.15, 0.2) is 5.60 Å². The van der Waals surface area contributed by atoms with E-state index in [0.29, 0.717) is 6.04 Å². The Bertz CT molecular complexity index is 409. The molecular formula is C12H21ClN4O3. The van der Waals surface area contributed by atoms with Gasteiger partial charge < -0.3 is 15.4 Å². The van der Waals surface area contributed by atoms with Crippen molar-refractivity contribution in [1.82, 2.24) is 15.3 Å². The number of rotatable bonds is 6. The van der Waals surface area contributed by atoms with Crippen LogP contribution in [0.2, 0.25) is 0 Å². The van der Waals surface area contributed by atoms with Gasteiger partial charge in [-0.3, -0.25) is 10.1 Å². The molecule has 0 amide bonds. The zero-order chi connectivity index (χ0) is 13.7.